The van der Waals surface area contributed by atoms with Crippen molar-refractivity contribution in [1.29, 1.82) is 0 Å². The van der Waals surface area contributed by atoms with Crippen LogP contribution in [0.4, 0.5) is 29.2 Å². The molecule has 1 saturated heterocycles. The molecule has 1 aliphatic heterocycles. The summed E-state index contributed by atoms with van der Waals surface area (Å²) in [5.74, 6) is 0.0278. The van der Waals surface area contributed by atoms with Crippen molar-refractivity contribution in [3.63, 3.8) is 0 Å². The highest BCUT2D eigenvalue weighted by molar-refractivity contribution is 5.48. The molecule has 0 atom stereocenters. The van der Waals surface area contributed by atoms with Gasteiger partial charge in [0.15, 0.2) is 0 Å². The lowest BCUT2D eigenvalue weighted by atomic mass is 10.1. The van der Waals surface area contributed by atoms with Crippen LogP contribution in [-0.2, 0) is 12.7 Å². The Morgan fingerprint density at radius 3 is 2.06 bits per heavy atom. The maximum absolute atomic E-state index is 13.1. The maximum atomic E-state index is 13.1. The number of halogens is 4. The van der Waals surface area contributed by atoms with Crippen molar-refractivity contribution in [3.05, 3.63) is 82.3 Å². The zero-order chi connectivity index (χ0) is 22.0. The highest BCUT2D eigenvalue weighted by atomic mass is 19.4. The van der Waals surface area contributed by atoms with Crippen molar-refractivity contribution in [2.75, 3.05) is 36.0 Å². The molecule has 0 saturated carbocycles. The first kappa shape index (κ1) is 20.8. The van der Waals surface area contributed by atoms with Gasteiger partial charge in [-0.1, -0.05) is 12.1 Å². The van der Waals surface area contributed by atoms with E-state index in [9.17, 15) is 22.4 Å². The second-order valence-electron chi connectivity index (χ2n) is 7.21. The molecule has 0 amide bonds. The van der Waals surface area contributed by atoms with Gasteiger partial charge in [0.1, 0.15) is 12.1 Å². The van der Waals surface area contributed by atoms with E-state index in [2.05, 4.69) is 14.9 Å². The van der Waals surface area contributed by atoms with E-state index in [0.29, 0.717) is 37.7 Å². The second kappa shape index (κ2) is 8.37. The first-order valence-electron chi connectivity index (χ1n) is 9.65. The van der Waals surface area contributed by atoms with E-state index in [-0.39, 0.29) is 12.4 Å². The number of hydrogen-bond donors (Lipinski definition) is 0. The van der Waals surface area contributed by atoms with Gasteiger partial charge < -0.3 is 9.80 Å². The molecule has 0 bridgehead atoms. The maximum Gasteiger partial charge on any atom is 0.416 e. The van der Waals surface area contributed by atoms with Crippen LogP contribution < -0.4 is 15.5 Å². The Hall–Kier alpha value is -3.43. The standard InChI is InChI=1S/C21H19F4N5O/c22-17-5-7-18(8-6-17)28-9-11-29(12-10-28)19-26-14-30(20(31)27-19)13-15-1-3-16(4-2-15)21(23,24)25/h1-8,14H,9-13H2. The zero-order valence-corrected chi connectivity index (χ0v) is 16.4. The fourth-order valence-electron chi connectivity index (χ4n) is 3.42. The van der Waals surface area contributed by atoms with Gasteiger partial charge in [-0.15, -0.1) is 0 Å². The molecule has 162 valence electrons. The fourth-order valence-corrected chi connectivity index (χ4v) is 3.42. The number of benzene rings is 2. The Morgan fingerprint density at radius 2 is 1.48 bits per heavy atom. The number of anilines is 2. The summed E-state index contributed by atoms with van der Waals surface area (Å²) >= 11 is 0. The van der Waals surface area contributed by atoms with Crippen LogP contribution in [0.15, 0.2) is 59.7 Å². The van der Waals surface area contributed by atoms with Gasteiger partial charge >= 0.3 is 11.9 Å². The van der Waals surface area contributed by atoms with Crippen molar-refractivity contribution in [3.8, 4) is 0 Å². The number of rotatable bonds is 4. The van der Waals surface area contributed by atoms with Gasteiger partial charge in [0.25, 0.3) is 0 Å². The van der Waals surface area contributed by atoms with Crippen LogP contribution >= 0.6 is 0 Å². The molecular weight excluding hydrogens is 414 g/mol. The molecular formula is C21H19F4N5O. The molecule has 10 heteroatoms. The summed E-state index contributed by atoms with van der Waals surface area (Å²) in [4.78, 5) is 24.7. The normalized spacial score (nSPS) is 14.7. The van der Waals surface area contributed by atoms with Crippen LogP contribution in [0, 0.1) is 5.82 Å². The van der Waals surface area contributed by atoms with E-state index in [1.165, 1.54) is 35.2 Å². The van der Waals surface area contributed by atoms with E-state index < -0.39 is 17.4 Å². The summed E-state index contributed by atoms with van der Waals surface area (Å²) in [5, 5.41) is 0. The molecule has 3 aromatic rings. The third-order valence-electron chi connectivity index (χ3n) is 5.14. The average molecular weight is 433 g/mol. The first-order valence-corrected chi connectivity index (χ1v) is 9.65. The van der Waals surface area contributed by atoms with Crippen molar-refractivity contribution >= 4 is 11.6 Å². The van der Waals surface area contributed by atoms with Gasteiger partial charge in [-0.05, 0) is 42.0 Å². The Kier molecular flexibility index (Phi) is 5.62. The molecule has 2 heterocycles. The molecule has 1 aromatic heterocycles. The SMILES string of the molecule is O=c1nc(N2CCN(c3ccc(F)cc3)CC2)ncn1Cc1ccc(C(F)(F)F)cc1. The van der Waals surface area contributed by atoms with Gasteiger partial charge in [0.2, 0.25) is 5.95 Å². The Morgan fingerprint density at radius 1 is 0.871 bits per heavy atom. The van der Waals surface area contributed by atoms with E-state index in [0.717, 1.165) is 17.8 Å². The minimum absolute atomic E-state index is 0.0790. The molecule has 1 aliphatic rings. The molecule has 31 heavy (non-hydrogen) atoms. The summed E-state index contributed by atoms with van der Waals surface area (Å²) < 4.78 is 52.4. The summed E-state index contributed by atoms with van der Waals surface area (Å²) in [6.45, 7) is 2.61. The van der Waals surface area contributed by atoms with Crippen molar-refractivity contribution in [2.24, 2.45) is 0 Å². The van der Waals surface area contributed by atoms with Gasteiger partial charge in [0.05, 0.1) is 12.1 Å². The molecule has 4 rings (SSSR count). The zero-order valence-electron chi connectivity index (χ0n) is 16.4. The molecule has 0 spiro atoms. The highest BCUT2D eigenvalue weighted by Gasteiger charge is 2.30. The Labute approximate surface area is 175 Å². The first-order chi connectivity index (χ1) is 14.8. The van der Waals surface area contributed by atoms with Gasteiger partial charge in [0, 0.05) is 31.9 Å². The fraction of sp³-hybridized carbons (Fsp3) is 0.286. The smallest absolute Gasteiger partial charge is 0.368 e. The van der Waals surface area contributed by atoms with Crippen molar-refractivity contribution in [2.45, 2.75) is 12.7 Å². The highest BCUT2D eigenvalue weighted by Crippen LogP contribution is 2.29. The third-order valence-corrected chi connectivity index (χ3v) is 5.14. The van der Waals surface area contributed by atoms with Crippen LogP contribution in [-0.4, -0.2) is 40.7 Å². The summed E-state index contributed by atoms with van der Waals surface area (Å²) in [6.07, 6.45) is -3.05. The molecule has 2 aromatic carbocycles. The molecule has 6 nitrogen and oxygen atoms in total. The molecule has 0 radical (unpaired) electrons. The second-order valence-corrected chi connectivity index (χ2v) is 7.21. The number of alkyl halides is 3. The van der Waals surface area contributed by atoms with E-state index in [1.54, 1.807) is 12.1 Å². The molecule has 0 unspecified atom stereocenters. The Bertz CT molecular complexity index is 1090. The Balaban J connectivity index is 1.40. The van der Waals surface area contributed by atoms with Crippen molar-refractivity contribution in [1.82, 2.24) is 14.5 Å². The predicted molar refractivity (Wildman–Crippen MR) is 108 cm³/mol. The number of piperazine rings is 1. The van der Waals surface area contributed by atoms with E-state index in [1.807, 2.05) is 4.90 Å². The molecule has 1 fully saturated rings. The number of aromatic nitrogens is 3. The monoisotopic (exact) mass is 433 g/mol. The quantitative estimate of drug-likeness (QED) is 0.592. The van der Waals surface area contributed by atoms with E-state index >= 15 is 0 Å². The van der Waals surface area contributed by atoms with Gasteiger partial charge in [-0.2, -0.15) is 18.2 Å². The minimum Gasteiger partial charge on any atom is -0.368 e. The summed E-state index contributed by atoms with van der Waals surface area (Å²) in [6, 6.07) is 10.9. The molecule has 0 N–H and O–H groups in total. The van der Waals surface area contributed by atoms with Gasteiger partial charge in [-0.3, -0.25) is 4.57 Å². The van der Waals surface area contributed by atoms with Crippen LogP contribution in [0.5, 0.6) is 0 Å². The van der Waals surface area contributed by atoms with Crippen LogP contribution in [0.1, 0.15) is 11.1 Å². The lowest BCUT2D eigenvalue weighted by Crippen LogP contribution is -2.47. The lowest BCUT2D eigenvalue weighted by Gasteiger charge is -2.36. The summed E-state index contributed by atoms with van der Waals surface area (Å²) in [5.41, 5.74) is 0.203. The number of hydrogen-bond acceptors (Lipinski definition) is 5. The topological polar surface area (TPSA) is 54.3 Å². The third kappa shape index (κ3) is 4.84. The lowest BCUT2D eigenvalue weighted by molar-refractivity contribution is -0.137. The van der Waals surface area contributed by atoms with Crippen molar-refractivity contribution < 1.29 is 17.6 Å². The predicted octanol–water partition coefficient (Wildman–Crippen LogP) is 3.17. The number of nitrogens with zero attached hydrogens (tertiary/aromatic N) is 5. The van der Waals surface area contributed by atoms with E-state index in [4.69, 9.17) is 0 Å². The van der Waals surface area contributed by atoms with Crippen LogP contribution in [0.2, 0.25) is 0 Å². The average Bonchev–Trinajstić information content (AvgIpc) is 2.76. The summed E-state index contributed by atoms with van der Waals surface area (Å²) in [7, 11) is 0. The molecule has 0 aliphatic carbocycles. The van der Waals surface area contributed by atoms with Gasteiger partial charge in [-0.25, -0.2) is 14.2 Å². The minimum atomic E-state index is -4.40. The van der Waals surface area contributed by atoms with Crippen LogP contribution in [0.3, 0.4) is 0 Å². The largest absolute Gasteiger partial charge is 0.416 e. The van der Waals surface area contributed by atoms with Crippen LogP contribution in [0.25, 0.3) is 0 Å².